The molecule has 21 heavy (non-hydrogen) atoms. The van der Waals surface area contributed by atoms with Crippen molar-refractivity contribution in [1.82, 2.24) is 5.32 Å². The van der Waals surface area contributed by atoms with Gasteiger partial charge < -0.3 is 10.6 Å². The number of nitrogens with one attached hydrogen (secondary N) is 2. The van der Waals surface area contributed by atoms with Gasteiger partial charge in [0.05, 0.1) is 0 Å². The fraction of sp³-hybridized carbons (Fsp3) is 0.235. The van der Waals surface area contributed by atoms with E-state index in [4.69, 9.17) is 23.8 Å². The van der Waals surface area contributed by atoms with Crippen molar-refractivity contribution in [3.63, 3.8) is 0 Å². The minimum Gasteiger partial charge on any atom is -0.362 e. The average molecular weight is 319 g/mol. The second kappa shape index (κ2) is 8.01. The Bertz CT molecular complexity index is 596. The fourth-order valence-electron chi connectivity index (χ4n) is 2.09. The predicted octanol–water partition coefficient (Wildman–Crippen LogP) is 4.43. The van der Waals surface area contributed by atoms with Gasteiger partial charge >= 0.3 is 0 Å². The summed E-state index contributed by atoms with van der Waals surface area (Å²) in [6.07, 6.45) is 1.89. The first-order chi connectivity index (χ1) is 10.2. The standard InChI is InChI=1S/C17H19ClN2S/c1-2-14-5-3-4-6-16(14)20-17(21)19-12-11-13-7-9-15(18)10-8-13/h3-10H,2,11-12H2,1H3,(H2,19,20,21). The number of para-hydroxylation sites is 1. The molecule has 2 N–H and O–H groups in total. The van der Waals surface area contributed by atoms with Crippen LogP contribution in [0.15, 0.2) is 48.5 Å². The van der Waals surface area contributed by atoms with Crippen molar-refractivity contribution in [2.45, 2.75) is 19.8 Å². The summed E-state index contributed by atoms with van der Waals surface area (Å²) in [7, 11) is 0. The quantitative estimate of drug-likeness (QED) is 0.797. The molecule has 0 saturated carbocycles. The van der Waals surface area contributed by atoms with Gasteiger partial charge in [-0.2, -0.15) is 0 Å². The van der Waals surface area contributed by atoms with Crippen LogP contribution in [-0.4, -0.2) is 11.7 Å². The second-order valence-corrected chi connectivity index (χ2v) is 5.61. The van der Waals surface area contributed by atoms with Crippen LogP contribution in [0.3, 0.4) is 0 Å². The van der Waals surface area contributed by atoms with E-state index in [1.165, 1.54) is 11.1 Å². The molecule has 0 unspecified atom stereocenters. The zero-order valence-corrected chi connectivity index (χ0v) is 13.6. The van der Waals surface area contributed by atoms with Crippen LogP contribution < -0.4 is 10.6 Å². The number of hydrogen-bond acceptors (Lipinski definition) is 1. The van der Waals surface area contributed by atoms with Crippen molar-refractivity contribution in [1.29, 1.82) is 0 Å². The molecule has 0 spiro atoms. The summed E-state index contributed by atoms with van der Waals surface area (Å²) in [6.45, 7) is 2.93. The Kier molecular flexibility index (Phi) is 6.03. The molecule has 0 fully saturated rings. The maximum absolute atomic E-state index is 5.87. The van der Waals surface area contributed by atoms with E-state index in [0.717, 1.165) is 30.1 Å². The van der Waals surface area contributed by atoms with Crippen molar-refractivity contribution in [2.24, 2.45) is 0 Å². The van der Waals surface area contributed by atoms with Crippen molar-refractivity contribution in [2.75, 3.05) is 11.9 Å². The van der Waals surface area contributed by atoms with Gasteiger partial charge in [-0.3, -0.25) is 0 Å². The highest BCUT2D eigenvalue weighted by molar-refractivity contribution is 7.80. The number of benzene rings is 2. The molecule has 4 heteroatoms. The van der Waals surface area contributed by atoms with Crippen LogP contribution in [0.25, 0.3) is 0 Å². The van der Waals surface area contributed by atoms with Gasteiger partial charge in [0.2, 0.25) is 0 Å². The zero-order chi connectivity index (χ0) is 15.1. The highest BCUT2D eigenvalue weighted by Gasteiger charge is 2.02. The van der Waals surface area contributed by atoms with Crippen molar-refractivity contribution < 1.29 is 0 Å². The largest absolute Gasteiger partial charge is 0.362 e. The molecule has 2 rings (SSSR count). The van der Waals surface area contributed by atoms with Crippen LogP contribution in [0.2, 0.25) is 5.02 Å². The fourth-order valence-corrected chi connectivity index (χ4v) is 2.43. The Morgan fingerprint density at radius 2 is 1.81 bits per heavy atom. The van der Waals surface area contributed by atoms with Gasteiger partial charge in [0.1, 0.15) is 0 Å². The van der Waals surface area contributed by atoms with E-state index in [1.54, 1.807) is 0 Å². The van der Waals surface area contributed by atoms with Crippen LogP contribution in [0.5, 0.6) is 0 Å². The first kappa shape index (κ1) is 15.8. The lowest BCUT2D eigenvalue weighted by molar-refractivity contribution is 0.873. The Labute approximate surface area is 136 Å². The maximum Gasteiger partial charge on any atom is 0.170 e. The van der Waals surface area contributed by atoms with E-state index in [0.29, 0.717) is 5.11 Å². The lowest BCUT2D eigenvalue weighted by atomic mass is 10.1. The minimum absolute atomic E-state index is 0.657. The maximum atomic E-state index is 5.87. The molecule has 0 saturated heterocycles. The van der Waals surface area contributed by atoms with Crippen LogP contribution in [0.1, 0.15) is 18.1 Å². The molecule has 0 atom stereocenters. The van der Waals surface area contributed by atoms with Gasteiger partial charge in [-0.25, -0.2) is 0 Å². The average Bonchev–Trinajstić information content (AvgIpc) is 2.50. The summed E-state index contributed by atoms with van der Waals surface area (Å²) < 4.78 is 0. The smallest absolute Gasteiger partial charge is 0.170 e. The van der Waals surface area contributed by atoms with Crippen molar-refractivity contribution in [3.8, 4) is 0 Å². The Hall–Kier alpha value is -1.58. The van der Waals surface area contributed by atoms with Crippen molar-refractivity contribution >= 4 is 34.6 Å². The minimum atomic E-state index is 0.657. The normalized spacial score (nSPS) is 10.2. The Balaban J connectivity index is 1.81. The number of rotatable bonds is 5. The topological polar surface area (TPSA) is 24.1 Å². The highest BCUT2D eigenvalue weighted by atomic mass is 35.5. The van der Waals surface area contributed by atoms with Crippen LogP contribution in [-0.2, 0) is 12.8 Å². The van der Waals surface area contributed by atoms with E-state index in [9.17, 15) is 0 Å². The molecule has 0 heterocycles. The van der Waals surface area contributed by atoms with E-state index in [-0.39, 0.29) is 0 Å². The molecule has 0 aliphatic carbocycles. The van der Waals surface area contributed by atoms with Gasteiger partial charge in [0.25, 0.3) is 0 Å². The molecule has 2 aromatic carbocycles. The third kappa shape index (κ3) is 5.03. The van der Waals surface area contributed by atoms with Gasteiger partial charge in [-0.1, -0.05) is 48.9 Å². The molecule has 0 bridgehead atoms. The molecule has 0 aliphatic rings. The molecule has 0 aromatic heterocycles. The summed E-state index contributed by atoms with van der Waals surface area (Å²) in [6, 6.07) is 16.1. The number of aryl methyl sites for hydroxylation is 1. The molecule has 2 aromatic rings. The third-order valence-electron chi connectivity index (χ3n) is 3.26. The van der Waals surface area contributed by atoms with E-state index in [1.807, 2.05) is 42.5 Å². The Morgan fingerprint density at radius 3 is 2.52 bits per heavy atom. The predicted molar refractivity (Wildman–Crippen MR) is 95.2 cm³/mol. The van der Waals surface area contributed by atoms with Crippen LogP contribution >= 0.6 is 23.8 Å². The molecular weight excluding hydrogens is 300 g/mol. The summed E-state index contributed by atoms with van der Waals surface area (Å²) in [5, 5.41) is 7.91. The molecule has 0 amide bonds. The third-order valence-corrected chi connectivity index (χ3v) is 3.76. The Morgan fingerprint density at radius 1 is 1.10 bits per heavy atom. The monoisotopic (exact) mass is 318 g/mol. The molecule has 110 valence electrons. The van der Waals surface area contributed by atoms with Crippen molar-refractivity contribution in [3.05, 3.63) is 64.7 Å². The van der Waals surface area contributed by atoms with Gasteiger partial charge in [-0.15, -0.1) is 0 Å². The number of anilines is 1. The zero-order valence-electron chi connectivity index (χ0n) is 12.0. The molecule has 2 nitrogen and oxygen atoms in total. The van der Waals surface area contributed by atoms with Crippen LogP contribution in [0, 0.1) is 0 Å². The second-order valence-electron chi connectivity index (χ2n) is 4.77. The first-order valence-corrected chi connectivity index (χ1v) is 7.85. The van der Waals surface area contributed by atoms with Gasteiger partial charge in [-0.05, 0) is 54.4 Å². The van der Waals surface area contributed by atoms with Crippen LogP contribution in [0.4, 0.5) is 5.69 Å². The molecule has 0 aliphatic heterocycles. The summed E-state index contributed by atoms with van der Waals surface area (Å²) in [5.41, 5.74) is 3.58. The van der Waals surface area contributed by atoms with E-state index >= 15 is 0 Å². The number of thiocarbonyl (C=S) groups is 1. The lowest BCUT2D eigenvalue weighted by Gasteiger charge is -2.13. The summed E-state index contributed by atoms with van der Waals surface area (Å²) in [4.78, 5) is 0. The SMILES string of the molecule is CCc1ccccc1NC(=S)NCCc1ccc(Cl)cc1. The van der Waals surface area contributed by atoms with E-state index in [2.05, 4.69) is 23.6 Å². The highest BCUT2D eigenvalue weighted by Crippen LogP contribution is 2.15. The summed E-state index contributed by atoms with van der Waals surface area (Å²) >= 11 is 11.2. The first-order valence-electron chi connectivity index (χ1n) is 7.06. The lowest BCUT2D eigenvalue weighted by Crippen LogP contribution is -2.30. The van der Waals surface area contributed by atoms with E-state index < -0.39 is 0 Å². The number of hydrogen-bond donors (Lipinski definition) is 2. The van der Waals surface area contributed by atoms with Gasteiger partial charge in [0, 0.05) is 17.3 Å². The molecular formula is C17H19ClN2S. The van der Waals surface area contributed by atoms with Gasteiger partial charge in [0.15, 0.2) is 5.11 Å². The number of halogens is 1. The molecule has 0 radical (unpaired) electrons. The summed E-state index contributed by atoms with van der Waals surface area (Å²) in [5.74, 6) is 0.